The highest BCUT2D eigenvalue weighted by Crippen LogP contribution is 2.14. The smallest absolute Gasteiger partial charge is 0.306 e. The van der Waals surface area contributed by atoms with Crippen LogP contribution in [0.15, 0.2) is 12.2 Å². The van der Waals surface area contributed by atoms with E-state index in [0.717, 1.165) is 64.2 Å². The Labute approximate surface area is 316 Å². The van der Waals surface area contributed by atoms with Gasteiger partial charge >= 0.3 is 17.9 Å². The fraction of sp³-hybridized carbons (Fsp3) is 0.889. The van der Waals surface area contributed by atoms with E-state index in [-0.39, 0.29) is 31.1 Å². The van der Waals surface area contributed by atoms with Crippen LogP contribution in [0.2, 0.25) is 0 Å². The van der Waals surface area contributed by atoms with E-state index >= 15 is 0 Å². The maximum Gasteiger partial charge on any atom is 0.306 e. The van der Waals surface area contributed by atoms with E-state index in [9.17, 15) is 14.4 Å². The van der Waals surface area contributed by atoms with Gasteiger partial charge in [0.25, 0.3) is 0 Å². The molecule has 0 spiro atoms. The van der Waals surface area contributed by atoms with Gasteiger partial charge in [-0.2, -0.15) is 0 Å². The Morgan fingerprint density at radius 1 is 0.373 bits per heavy atom. The monoisotopic (exact) mass is 721 g/mol. The molecule has 0 aliphatic rings. The number of carbonyl (C=O) groups excluding carboxylic acids is 3. The van der Waals surface area contributed by atoms with Crippen molar-refractivity contribution < 1.29 is 28.6 Å². The average Bonchev–Trinajstić information content (AvgIpc) is 3.13. The zero-order valence-electron chi connectivity index (χ0n) is 34.1. The summed E-state index contributed by atoms with van der Waals surface area (Å²) in [7, 11) is 0. The van der Waals surface area contributed by atoms with Crippen molar-refractivity contribution >= 4 is 17.9 Å². The minimum atomic E-state index is -0.762. The number of carbonyl (C=O) groups is 3. The van der Waals surface area contributed by atoms with Gasteiger partial charge in [-0.25, -0.2) is 0 Å². The summed E-state index contributed by atoms with van der Waals surface area (Å²) >= 11 is 0. The van der Waals surface area contributed by atoms with Gasteiger partial charge in [0.2, 0.25) is 0 Å². The summed E-state index contributed by atoms with van der Waals surface area (Å²) in [6, 6.07) is 0. The molecule has 0 saturated carbocycles. The lowest BCUT2D eigenvalue weighted by molar-refractivity contribution is -0.167. The van der Waals surface area contributed by atoms with Crippen LogP contribution in [-0.2, 0) is 28.6 Å². The lowest BCUT2D eigenvalue weighted by atomic mass is 10.1. The molecule has 300 valence electrons. The van der Waals surface area contributed by atoms with Crippen LogP contribution in [0.5, 0.6) is 0 Å². The molecule has 1 unspecified atom stereocenters. The Bertz CT molecular complexity index is 794. The van der Waals surface area contributed by atoms with Gasteiger partial charge in [-0.3, -0.25) is 14.4 Å². The standard InChI is InChI=1S/C45H84O6/c1-4-7-10-13-16-18-20-21-22-23-24-26-27-29-32-35-38-44(47)50-41-42(40-49-43(46)37-34-31-15-12-9-6-3)51-45(48)39-36-33-30-28-25-19-17-14-11-8-5-2/h22-23,42H,4-21,24-41H2,1-3H3/b23-22-. The molecule has 0 fully saturated rings. The van der Waals surface area contributed by atoms with Gasteiger partial charge in [-0.15, -0.1) is 0 Å². The summed E-state index contributed by atoms with van der Waals surface area (Å²) in [6.07, 6.45) is 42.1. The predicted octanol–water partition coefficient (Wildman–Crippen LogP) is 13.9. The van der Waals surface area contributed by atoms with E-state index in [0.29, 0.717) is 19.3 Å². The molecule has 6 nitrogen and oxygen atoms in total. The zero-order chi connectivity index (χ0) is 37.3. The molecule has 0 aromatic rings. The normalized spacial score (nSPS) is 12.0. The number of ether oxygens (including phenoxy) is 3. The first kappa shape index (κ1) is 49.1. The van der Waals surface area contributed by atoms with E-state index in [1.807, 2.05) is 0 Å². The Morgan fingerprint density at radius 3 is 0.980 bits per heavy atom. The highest BCUT2D eigenvalue weighted by molar-refractivity contribution is 5.71. The maximum absolute atomic E-state index is 12.6. The van der Waals surface area contributed by atoms with Crippen LogP contribution in [0, 0.1) is 0 Å². The Kier molecular flexibility index (Phi) is 39.4. The van der Waals surface area contributed by atoms with Gasteiger partial charge in [0.05, 0.1) is 0 Å². The summed E-state index contributed by atoms with van der Waals surface area (Å²) in [4.78, 5) is 37.5. The molecule has 0 amide bonds. The fourth-order valence-corrected chi connectivity index (χ4v) is 6.38. The van der Waals surface area contributed by atoms with Crippen molar-refractivity contribution in [3.63, 3.8) is 0 Å². The number of allylic oxidation sites excluding steroid dienone is 2. The largest absolute Gasteiger partial charge is 0.462 e. The minimum Gasteiger partial charge on any atom is -0.462 e. The second-order valence-corrected chi connectivity index (χ2v) is 15.0. The number of esters is 3. The summed E-state index contributed by atoms with van der Waals surface area (Å²) in [5.41, 5.74) is 0. The van der Waals surface area contributed by atoms with E-state index in [2.05, 4.69) is 32.9 Å². The van der Waals surface area contributed by atoms with Crippen molar-refractivity contribution in [1.29, 1.82) is 0 Å². The number of rotatable bonds is 40. The fourth-order valence-electron chi connectivity index (χ4n) is 6.38. The van der Waals surface area contributed by atoms with E-state index in [4.69, 9.17) is 14.2 Å². The molecule has 0 aromatic carbocycles. The lowest BCUT2D eigenvalue weighted by Crippen LogP contribution is -2.30. The summed E-state index contributed by atoms with van der Waals surface area (Å²) in [5.74, 6) is -0.883. The van der Waals surface area contributed by atoms with Crippen LogP contribution in [0.1, 0.15) is 239 Å². The van der Waals surface area contributed by atoms with Crippen molar-refractivity contribution in [3.05, 3.63) is 12.2 Å². The van der Waals surface area contributed by atoms with Gasteiger partial charge in [0.1, 0.15) is 13.2 Å². The van der Waals surface area contributed by atoms with Crippen LogP contribution in [0.4, 0.5) is 0 Å². The molecule has 0 N–H and O–H groups in total. The molecule has 1 atom stereocenters. The van der Waals surface area contributed by atoms with E-state index in [1.165, 1.54) is 135 Å². The van der Waals surface area contributed by atoms with Crippen molar-refractivity contribution in [2.24, 2.45) is 0 Å². The molecule has 0 radical (unpaired) electrons. The molecule has 6 heteroatoms. The lowest BCUT2D eigenvalue weighted by Gasteiger charge is -2.18. The molecule has 0 heterocycles. The van der Waals surface area contributed by atoms with Crippen LogP contribution < -0.4 is 0 Å². The molecule has 0 aliphatic carbocycles. The van der Waals surface area contributed by atoms with Crippen LogP contribution in [0.3, 0.4) is 0 Å². The SMILES string of the molecule is CCCCCCCCC/C=C\CCCCCCCC(=O)OCC(COC(=O)CCCCCCCC)OC(=O)CCCCCCCCCCCCC. The first-order valence-corrected chi connectivity index (χ1v) is 22.2. The predicted molar refractivity (Wildman–Crippen MR) is 215 cm³/mol. The number of unbranched alkanes of at least 4 members (excludes halogenated alkanes) is 27. The third-order valence-corrected chi connectivity index (χ3v) is 9.77. The average molecular weight is 721 g/mol. The minimum absolute atomic E-state index is 0.0700. The number of hydrogen-bond donors (Lipinski definition) is 0. The van der Waals surface area contributed by atoms with Crippen molar-refractivity contribution in [3.8, 4) is 0 Å². The summed E-state index contributed by atoms with van der Waals surface area (Å²) in [5, 5.41) is 0. The van der Waals surface area contributed by atoms with Crippen molar-refractivity contribution in [1.82, 2.24) is 0 Å². The highest BCUT2D eigenvalue weighted by Gasteiger charge is 2.19. The Hall–Kier alpha value is -1.85. The van der Waals surface area contributed by atoms with Gasteiger partial charge in [-0.05, 0) is 44.9 Å². The molecular weight excluding hydrogens is 636 g/mol. The summed E-state index contributed by atoms with van der Waals surface area (Å²) < 4.78 is 16.6. The first-order chi connectivity index (χ1) is 25.0. The summed E-state index contributed by atoms with van der Waals surface area (Å²) in [6.45, 7) is 6.56. The second kappa shape index (κ2) is 40.9. The quantitative estimate of drug-likeness (QED) is 0.0271. The van der Waals surface area contributed by atoms with Gasteiger partial charge < -0.3 is 14.2 Å². The molecular formula is C45H84O6. The second-order valence-electron chi connectivity index (χ2n) is 15.0. The Morgan fingerprint density at radius 2 is 0.647 bits per heavy atom. The van der Waals surface area contributed by atoms with E-state index in [1.54, 1.807) is 0 Å². The van der Waals surface area contributed by atoms with Gasteiger partial charge in [0.15, 0.2) is 6.10 Å². The molecule has 0 bridgehead atoms. The highest BCUT2D eigenvalue weighted by atomic mass is 16.6. The third kappa shape index (κ3) is 39.2. The van der Waals surface area contributed by atoms with Gasteiger partial charge in [-0.1, -0.05) is 187 Å². The molecule has 0 aliphatic heterocycles. The topological polar surface area (TPSA) is 78.9 Å². The molecule has 51 heavy (non-hydrogen) atoms. The molecule has 0 saturated heterocycles. The molecule has 0 rings (SSSR count). The van der Waals surface area contributed by atoms with Crippen molar-refractivity contribution in [2.75, 3.05) is 13.2 Å². The van der Waals surface area contributed by atoms with Gasteiger partial charge in [0, 0.05) is 19.3 Å². The number of hydrogen-bond acceptors (Lipinski definition) is 6. The van der Waals surface area contributed by atoms with Crippen LogP contribution >= 0.6 is 0 Å². The first-order valence-electron chi connectivity index (χ1n) is 22.2. The third-order valence-electron chi connectivity index (χ3n) is 9.77. The molecule has 0 aromatic heterocycles. The zero-order valence-corrected chi connectivity index (χ0v) is 34.1. The Balaban J connectivity index is 4.24. The maximum atomic E-state index is 12.6. The van der Waals surface area contributed by atoms with Crippen LogP contribution in [0.25, 0.3) is 0 Å². The van der Waals surface area contributed by atoms with Crippen molar-refractivity contribution in [2.45, 2.75) is 245 Å². The van der Waals surface area contributed by atoms with E-state index < -0.39 is 6.10 Å². The van der Waals surface area contributed by atoms with Crippen LogP contribution in [-0.4, -0.2) is 37.2 Å².